The maximum Gasteiger partial charge on any atom is 0.312 e. The van der Waals surface area contributed by atoms with E-state index in [-0.39, 0.29) is 23.9 Å². The van der Waals surface area contributed by atoms with Crippen molar-refractivity contribution in [2.24, 2.45) is 11.3 Å². The number of hydrogen-bond acceptors (Lipinski definition) is 4. The zero-order valence-electron chi connectivity index (χ0n) is 15.9. The van der Waals surface area contributed by atoms with Crippen molar-refractivity contribution in [3.8, 4) is 0 Å². The first-order valence-corrected chi connectivity index (χ1v) is 10.2. The number of fused-ring (bicyclic) bond motifs is 1. The van der Waals surface area contributed by atoms with Crippen LogP contribution in [0.1, 0.15) is 32.1 Å². The molecule has 1 aromatic heterocycles. The minimum atomic E-state index is -0.425. The number of carbonyl (C=O) groups is 2. The van der Waals surface area contributed by atoms with Crippen LogP contribution in [0, 0.1) is 11.3 Å². The molecule has 2 aliphatic heterocycles. The number of carbonyl (C=O) groups excluding carboxylic acids is 2. The topological polar surface area (TPSA) is 64.4 Å². The number of ether oxygens (including phenoxy) is 1. The van der Waals surface area contributed by atoms with Gasteiger partial charge in [0.15, 0.2) is 0 Å². The molecule has 3 heterocycles. The third kappa shape index (κ3) is 2.91. The molecule has 1 atom stereocenters. The molecule has 146 valence electrons. The van der Waals surface area contributed by atoms with Crippen LogP contribution in [0.15, 0.2) is 42.7 Å². The maximum atomic E-state index is 12.7. The monoisotopic (exact) mass is 379 g/mol. The summed E-state index contributed by atoms with van der Waals surface area (Å²) in [5, 5.41) is 0. The van der Waals surface area contributed by atoms with Crippen LogP contribution >= 0.6 is 0 Å². The van der Waals surface area contributed by atoms with Crippen LogP contribution in [-0.2, 0) is 20.9 Å². The van der Waals surface area contributed by atoms with Gasteiger partial charge in [-0.3, -0.25) is 9.59 Å². The molecule has 6 heteroatoms. The molecule has 1 aromatic carbocycles. The van der Waals surface area contributed by atoms with Gasteiger partial charge in [0.05, 0.1) is 29.3 Å². The summed E-state index contributed by atoms with van der Waals surface area (Å²) in [6, 6.07) is 7.99. The van der Waals surface area contributed by atoms with Gasteiger partial charge in [0.25, 0.3) is 0 Å². The number of amides is 1. The minimum Gasteiger partial charge on any atom is -0.460 e. The van der Waals surface area contributed by atoms with Crippen molar-refractivity contribution in [3.05, 3.63) is 42.7 Å². The van der Waals surface area contributed by atoms with Crippen molar-refractivity contribution in [2.45, 2.75) is 44.8 Å². The Kier molecular flexibility index (Phi) is 4.22. The molecule has 1 aliphatic carbocycles. The molecule has 1 amide bonds. The van der Waals surface area contributed by atoms with Gasteiger partial charge in [-0.2, -0.15) is 0 Å². The lowest BCUT2D eigenvalue weighted by molar-refractivity contribution is -0.153. The Bertz CT molecular complexity index is 931. The second-order valence-electron chi connectivity index (χ2n) is 8.36. The standard InChI is InChI=1S/C22H25N3O3/c26-20(16-5-1-2-6-16)24-11-9-22(10-12-24)13-17(28-21(22)27)14-25-15-23-18-7-3-4-8-19(18)25/h1-4,7-8,15-17H,5-6,9-14H2. The molecule has 6 nitrogen and oxygen atoms in total. The number of likely N-dealkylation sites (tertiary alicyclic amines) is 1. The summed E-state index contributed by atoms with van der Waals surface area (Å²) >= 11 is 0. The second-order valence-corrected chi connectivity index (χ2v) is 8.36. The molecule has 2 aromatic rings. The van der Waals surface area contributed by atoms with E-state index in [1.807, 2.05) is 35.5 Å². The van der Waals surface area contributed by atoms with E-state index in [0.717, 1.165) is 30.3 Å². The third-order valence-electron chi connectivity index (χ3n) is 6.64. The van der Waals surface area contributed by atoms with Crippen LogP contribution in [0.3, 0.4) is 0 Å². The minimum absolute atomic E-state index is 0.0865. The highest BCUT2D eigenvalue weighted by Crippen LogP contribution is 2.44. The normalized spacial score (nSPS) is 24.4. The SMILES string of the molecule is O=C(C1CC=CC1)N1CCC2(CC1)CC(Cn1cnc3ccccc31)OC2=O. The van der Waals surface area contributed by atoms with Crippen molar-refractivity contribution in [3.63, 3.8) is 0 Å². The lowest BCUT2D eigenvalue weighted by Crippen LogP contribution is -2.46. The fraction of sp³-hybridized carbons (Fsp3) is 0.500. The van der Waals surface area contributed by atoms with E-state index < -0.39 is 5.41 Å². The van der Waals surface area contributed by atoms with Crippen LogP contribution in [0.4, 0.5) is 0 Å². The number of rotatable bonds is 3. The first-order valence-electron chi connectivity index (χ1n) is 10.2. The molecule has 5 rings (SSSR count). The largest absolute Gasteiger partial charge is 0.460 e. The van der Waals surface area contributed by atoms with E-state index >= 15 is 0 Å². The molecule has 28 heavy (non-hydrogen) atoms. The Morgan fingerprint density at radius 2 is 1.93 bits per heavy atom. The molecular weight excluding hydrogens is 354 g/mol. The Labute approximate surface area is 164 Å². The van der Waals surface area contributed by atoms with Crippen molar-refractivity contribution in [1.29, 1.82) is 0 Å². The van der Waals surface area contributed by atoms with Gasteiger partial charge in [-0.15, -0.1) is 0 Å². The zero-order valence-corrected chi connectivity index (χ0v) is 15.9. The van der Waals surface area contributed by atoms with E-state index in [4.69, 9.17) is 4.74 Å². The van der Waals surface area contributed by atoms with E-state index in [1.165, 1.54) is 0 Å². The zero-order chi connectivity index (χ0) is 19.1. The van der Waals surface area contributed by atoms with E-state index in [1.54, 1.807) is 0 Å². The number of nitrogens with zero attached hydrogens (tertiary/aromatic N) is 3. The Balaban J connectivity index is 1.24. The number of para-hydroxylation sites is 2. The molecular formula is C22H25N3O3. The molecule has 0 N–H and O–H groups in total. The molecule has 1 unspecified atom stereocenters. The first-order chi connectivity index (χ1) is 13.6. The number of imidazole rings is 1. The molecule has 2 saturated heterocycles. The van der Waals surface area contributed by atoms with E-state index in [2.05, 4.69) is 21.7 Å². The Morgan fingerprint density at radius 1 is 1.18 bits per heavy atom. The number of esters is 1. The first kappa shape index (κ1) is 17.5. The summed E-state index contributed by atoms with van der Waals surface area (Å²) in [6.07, 6.45) is 9.71. The predicted octanol–water partition coefficient (Wildman–Crippen LogP) is 2.93. The molecule has 0 bridgehead atoms. The lowest BCUT2D eigenvalue weighted by Gasteiger charge is -2.37. The van der Waals surface area contributed by atoms with Crippen LogP contribution in [-0.4, -0.2) is 45.5 Å². The number of aromatic nitrogens is 2. The smallest absolute Gasteiger partial charge is 0.312 e. The summed E-state index contributed by atoms with van der Waals surface area (Å²) in [5.41, 5.74) is 1.59. The highest BCUT2D eigenvalue weighted by molar-refractivity contribution is 5.82. The summed E-state index contributed by atoms with van der Waals surface area (Å²) in [7, 11) is 0. The van der Waals surface area contributed by atoms with Gasteiger partial charge in [-0.05, 0) is 37.8 Å². The number of benzene rings is 1. The van der Waals surface area contributed by atoms with Crippen molar-refractivity contribution < 1.29 is 14.3 Å². The van der Waals surface area contributed by atoms with Crippen LogP contribution in [0.2, 0.25) is 0 Å². The van der Waals surface area contributed by atoms with E-state index in [9.17, 15) is 9.59 Å². The van der Waals surface area contributed by atoms with Gasteiger partial charge in [-0.1, -0.05) is 24.3 Å². The lowest BCUT2D eigenvalue weighted by atomic mass is 9.76. The van der Waals surface area contributed by atoms with Gasteiger partial charge >= 0.3 is 5.97 Å². The quantitative estimate of drug-likeness (QED) is 0.608. The van der Waals surface area contributed by atoms with E-state index in [0.29, 0.717) is 32.5 Å². The average molecular weight is 379 g/mol. The summed E-state index contributed by atoms with van der Waals surface area (Å²) in [4.78, 5) is 31.7. The van der Waals surface area contributed by atoms with Crippen molar-refractivity contribution in [2.75, 3.05) is 13.1 Å². The number of cyclic esters (lactones) is 1. The summed E-state index contributed by atoms with van der Waals surface area (Å²) < 4.78 is 7.84. The molecule has 0 saturated carbocycles. The van der Waals surface area contributed by atoms with Crippen molar-refractivity contribution in [1.82, 2.24) is 14.5 Å². The number of allylic oxidation sites excluding steroid dienone is 2. The van der Waals surface area contributed by atoms with Crippen LogP contribution in [0.5, 0.6) is 0 Å². The maximum absolute atomic E-state index is 12.7. The average Bonchev–Trinajstić information content (AvgIpc) is 3.44. The van der Waals surface area contributed by atoms with Gasteiger partial charge in [-0.25, -0.2) is 4.98 Å². The predicted molar refractivity (Wildman–Crippen MR) is 104 cm³/mol. The van der Waals surface area contributed by atoms with Gasteiger partial charge in [0, 0.05) is 25.4 Å². The Morgan fingerprint density at radius 3 is 2.71 bits per heavy atom. The third-order valence-corrected chi connectivity index (χ3v) is 6.64. The summed E-state index contributed by atoms with van der Waals surface area (Å²) in [6.45, 7) is 1.95. The number of hydrogen-bond donors (Lipinski definition) is 0. The molecule has 2 fully saturated rings. The second kappa shape index (κ2) is 6.76. The molecule has 3 aliphatic rings. The van der Waals surface area contributed by atoms with Gasteiger partial charge < -0.3 is 14.2 Å². The fourth-order valence-corrected chi connectivity index (χ4v) is 4.95. The number of piperidine rings is 1. The van der Waals surface area contributed by atoms with Crippen LogP contribution < -0.4 is 0 Å². The van der Waals surface area contributed by atoms with Gasteiger partial charge in [0.1, 0.15) is 6.10 Å². The van der Waals surface area contributed by atoms with Crippen LogP contribution in [0.25, 0.3) is 11.0 Å². The Hall–Kier alpha value is -2.63. The fourth-order valence-electron chi connectivity index (χ4n) is 4.95. The van der Waals surface area contributed by atoms with Crippen molar-refractivity contribution >= 4 is 22.9 Å². The highest BCUT2D eigenvalue weighted by Gasteiger charge is 2.51. The summed E-state index contributed by atoms with van der Waals surface area (Å²) in [5.74, 6) is 0.260. The highest BCUT2D eigenvalue weighted by atomic mass is 16.6. The molecule has 1 spiro atoms. The molecule has 0 radical (unpaired) electrons. The van der Waals surface area contributed by atoms with Gasteiger partial charge in [0.2, 0.25) is 5.91 Å².